The largest absolute Gasteiger partial charge is 0.452 e. The zero-order valence-corrected chi connectivity index (χ0v) is 14.3. The first-order valence-corrected chi connectivity index (χ1v) is 7.94. The summed E-state index contributed by atoms with van der Waals surface area (Å²) in [6, 6.07) is 11.7. The van der Waals surface area contributed by atoms with Gasteiger partial charge in [-0.25, -0.2) is 9.18 Å². The van der Waals surface area contributed by atoms with Gasteiger partial charge >= 0.3 is 5.97 Å². The highest BCUT2D eigenvalue weighted by atomic mass is 35.5. The Kier molecular flexibility index (Phi) is 6.71. The minimum Gasteiger partial charge on any atom is -0.452 e. The molecule has 0 spiro atoms. The fraction of sp³-hybridized carbons (Fsp3) is 0.158. The second-order valence-corrected chi connectivity index (χ2v) is 5.73. The maximum Gasteiger partial charge on any atom is 0.331 e. The van der Waals surface area contributed by atoms with Gasteiger partial charge in [0.1, 0.15) is 5.82 Å². The van der Waals surface area contributed by atoms with Gasteiger partial charge < -0.3 is 10.1 Å². The van der Waals surface area contributed by atoms with Gasteiger partial charge in [0.15, 0.2) is 6.61 Å². The average Bonchev–Trinajstić information content (AvgIpc) is 2.60. The second-order valence-electron chi connectivity index (χ2n) is 5.32. The second kappa shape index (κ2) is 8.99. The molecule has 25 heavy (non-hydrogen) atoms. The van der Waals surface area contributed by atoms with E-state index < -0.39 is 18.5 Å². The lowest BCUT2D eigenvalue weighted by Gasteiger charge is -2.06. The molecule has 0 radical (unpaired) electrons. The van der Waals surface area contributed by atoms with Gasteiger partial charge in [0.2, 0.25) is 0 Å². The molecule has 0 aliphatic carbocycles. The summed E-state index contributed by atoms with van der Waals surface area (Å²) >= 11 is 5.96. The average molecular weight is 362 g/mol. The summed E-state index contributed by atoms with van der Waals surface area (Å²) in [6.07, 6.45) is 2.71. The molecule has 6 heteroatoms. The Balaban J connectivity index is 1.76. The van der Waals surface area contributed by atoms with Crippen molar-refractivity contribution in [3.63, 3.8) is 0 Å². The van der Waals surface area contributed by atoms with E-state index in [4.69, 9.17) is 16.3 Å². The van der Waals surface area contributed by atoms with Crippen LogP contribution in [-0.4, -0.2) is 18.5 Å². The van der Waals surface area contributed by atoms with Crippen molar-refractivity contribution in [1.29, 1.82) is 0 Å². The lowest BCUT2D eigenvalue weighted by molar-refractivity contribution is -0.143. The summed E-state index contributed by atoms with van der Waals surface area (Å²) < 4.78 is 18.3. The molecule has 0 aliphatic heterocycles. The SMILES string of the molecule is Cc1ccc(CNC(=O)COC(=O)/C=C/c2ccccc2Cl)cc1F. The summed E-state index contributed by atoms with van der Waals surface area (Å²) in [5.74, 6) is -1.46. The van der Waals surface area contributed by atoms with Gasteiger partial charge in [-0.15, -0.1) is 0 Å². The summed E-state index contributed by atoms with van der Waals surface area (Å²) in [5, 5.41) is 3.06. The molecule has 0 fully saturated rings. The van der Waals surface area contributed by atoms with Crippen LogP contribution in [0.3, 0.4) is 0 Å². The standard InChI is InChI=1S/C19H17ClFNO3/c1-13-6-7-14(10-17(13)21)11-22-18(23)12-25-19(24)9-8-15-4-2-3-5-16(15)20/h2-10H,11-12H2,1H3,(H,22,23)/b9-8+. The first kappa shape index (κ1) is 18.7. The van der Waals surface area contributed by atoms with Crippen molar-refractivity contribution in [3.05, 3.63) is 76.1 Å². The van der Waals surface area contributed by atoms with E-state index in [1.165, 1.54) is 18.2 Å². The minimum atomic E-state index is -0.656. The number of halogens is 2. The van der Waals surface area contributed by atoms with E-state index in [9.17, 15) is 14.0 Å². The number of benzene rings is 2. The molecule has 0 saturated carbocycles. The van der Waals surface area contributed by atoms with Crippen LogP contribution in [0.1, 0.15) is 16.7 Å². The van der Waals surface area contributed by atoms with Gasteiger partial charge in [-0.2, -0.15) is 0 Å². The predicted molar refractivity (Wildman–Crippen MR) is 94.4 cm³/mol. The van der Waals surface area contributed by atoms with Crippen LogP contribution in [0.25, 0.3) is 6.08 Å². The molecule has 2 rings (SSSR count). The van der Waals surface area contributed by atoms with Crippen LogP contribution in [0.4, 0.5) is 4.39 Å². The number of hydrogen-bond donors (Lipinski definition) is 1. The molecule has 2 aromatic carbocycles. The predicted octanol–water partition coefficient (Wildman–Crippen LogP) is 3.66. The summed E-state index contributed by atoms with van der Waals surface area (Å²) in [4.78, 5) is 23.3. The van der Waals surface area contributed by atoms with Gasteiger partial charge in [-0.3, -0.25) is 4.79 Å². The zero-order chi connectivity index (χ0) is 18.2. The van der Waals surface area contributed by atoms with E-state index in [1.807, 2.05) is 0 Å². The van der Waals surface area contributed by atoms with Crippen LogP contribution in [0.2, 0.25) is 5.02 Å². The van der Waals surface area contributed by atoms with E-state index in [1.54, 1.807) is 43.3 Å². The normalized spacial score (nSPS) is 10.7. The zero-order valence-electron chi connectivity index (χ0n) is 13.6. The van der Waals surface area contributed by atoms with Gasteiger partial charge in [-0.05, 0) is 41.8 Å². The Labute approximate surface area is 150 Å². The molecule has 0 unspecified atom stereocenters. The van der Waals surface area contributed by atoms with Crippen LogP contribution in [0.15, 0.2) is 48.5 Å². The van der Waals surface area contributed by atoms with Crippen molar-refractivity contribution < 1.29 is 18.7 Å². The monoisotopic (exact) mass is 361 g/mol. The molecule has 0 bridgehead atoms. The van der Waals surface area contributed by atoms with Crippen LogP contribution in [0.5, 0.6) is 0 Å². The number of esters is 1. The molecular formula is C19H17ClFNO3. The number of amides is 1. The number of hydrogen-bond acceptors (Lipinski definition) is 3. The Bertz CT molecular complexity index is 805. The third-order valence-electron chi connectivity index (χ3n) is 3.38. The van der Waals surface area contributed by atoms with Crippen LogP contribution < -0.4 is 5.32 Å². The van der Waals surface area contributed by atoms with Gasteiger partial charge in [0, 0.05) is 17.6 Å². The molecule has 0 saturated heterocycles. The Hall–Kier alpha value is -2.66. The molecule has 0 atom stereocenters. The van der Waals surface area contributed by atoms with Crippen molar-refractivity contribution in [2.24, 2.45) is 0 Å². The van der Waals surface area contributed by atoms with Crippen molar-refractivity contribution in [3.8, 4) is 0 Å². The third kappa shape index (κ3) is 6.04. The smallest absolute Gasteiger partial charge is 0.331 e. The molecule has 0 aliphatic rings. The highest BCUT2D eigenvalue weighted by Crippen LogP contribution is 2.16. The maximum absolute atomic E-state index is 13.4. The fourth-order valence-electron chi connectivity index (χ4n) is 1.95. The topological polar surface area (TPSA) is 55.4 Å². The Morgan fingerprint density at radius 3 is 2.72 bits per heavy atom. The van der Waals surface area contributed by atoms with Crippen LogP contribution >= 0.6 is 11.6 Å². The summed E-state index contributed by atoms with van der Waals surface area (Å²) in [6.45, 7) is 1.40. The molecular weight excluding hydrogens is 345 g/mol. The maximum atomic E-state index is 13.4. The molecule has 0 aromatic heterocycles. The third-order valence-corrected chi connectivity index (χ3v) is 3.72. The first-order chi connectivity index (χ1) is 12.0. The minimum absolute atomic E-state index is 0.156. The molecule has 1 N–H and O–H groups in total. The van der Waals surface area contributed by atoms with E-state index in [-0.39, 0.29) is 12.4 Å². The highest BCUT2D eigenvalue weighted by molar-refractivity contribution is 6.32. The quantitative estimate of drug-likeness (QED) is 0.631. The van der Waals surface area contributed by atoms with E-state index in [0.29, 0.717) is 21.7 Å². The molecule has 1 amide bonds. The van der Waals surface area contributed by atoms with Crippen LogP contribution in [0, 0.1) is 12.7 Å². The lowest BCUT2D eigenvalue weighted by atomic mass is 10.1. The van der Waals surface area contributed by atoms with Crippen molar-refractivity contribution in [2.45, 2.75) is 13.5 Å². The van der Waals surface area contributed by atoms with Gasteiger partial charge in [-0.1, -0.05) is 41.9 Å². The van der Waals surface area contributed by atoms with E-state index >= 15 is 0 Å². The van der Waals surface area contributed by atoms with Crippen molar-refractivity contribution in [1.82, 2.24) is 5.32 Å². The first-order valence-electron chi connectivity index (χ1n) is 7.57. The Morgan fingerprint density at radius 2 is 2.00 bits per heavy atom. The Morgan fingerprint density at radius 1 is 1.24 bits per heavy atom. The van der Waals surface area contributed by atoms with Gasteiger partial charge in [0.25, 0.3) is 5.91 Å². The number of aryl methyl sites for hydroxylation is 1. The van der Waals surface area contributed by atoms with E-state index in [2.05, 4.69) is 5.32 Å². The number of ether oxygens (including phenoxy) is 1. The van der Waals surface area contributed by atoms with Crippen LogP contribution in [-0.2, 0) is 20.9 Å². The van der Waals surface area contributed by atoms with E-state index in [0.717, 1.165) is 0 Å². The number of carbonyl (C=O) groups excluding carboxylic acids is 2. The molecule has 0 heterocycles. The van der Waals surface area contributed by atoms with Crippen molar-refractivity contribution >= 4 is 29.6 Å². The number of nitrogens with one attached hydrogen (secondary N) is 1. The fourth-order valence-corrected chi connectivity index (χ4v) is 2.15. The van der Waals surface area contributed by atoms with Gasteiger partial charge in [0.05, 0.1) is 0 Å². The number of rotatable bonds is 6. The summed E-state index contributed by atoms with van der Waals surface area (Å²) in [5.41, 5.74) is 1.84. The van der Waals surface area contributed by atoms with Crippen molar-refractivity contribution in [2.75, 3.05) is 6.61 Å². The lowest BCUT2D eigenvalue weighted by Crippen LogP contribution is -2.28. The number of carbonyl (C=O) groups is 2. The molecule has 130 valence electrons. The highest BCUT2D eigenvalue weighted by Gasteiger charge is 2.06. The molecule has 2 aromatic rings. The summed E-state index contributed by atoms with van der Waals surface area (Å²) in [7, 11) is 0. The molecule has 4 nitrogen and oxygen atoms in total.